The summed E-state index contributed by atoms with van der Waals surface area (Å²) in [6.07, 6.45) is 5.81. The van der Waals surface area contributed by atoms with E-state index < -0.39 is 0 Å². The Kier molecular flexibility index (Phi) is 7.82. The van der Waals surface area contributed by atoms with Crippen molar-refractivity contribution in [1.82, 2.24) is 10.2 Å². The van der Waals surface area contributed by atoms with Crippen LogP contribution in [0.3, 0.4) is 0 Å². The SMILES string of the molecule is CC(O)CN(CCCNC1CCCC1)CC(C)O. The third-order valence-electron chi connectivity index (χ3n) is 3.48. The molecule has 0 aromatic carbocycles. The van der Waals surface area contributed by atoms with Crippen molar-refractivity contribution in [2.45, 2.75) is 64.2 Å². The highest BCUT2D eigenvalue weighted by atomic mass is 16.3. The lowest BCUT2D eigenvalue weighted by Crippen LogP contribution is -2.38. The summed E-state index contributed by atoms with van der Waals surface area (Å²) in [7, 11) is 0. The lowest BCUT2D eigenvalue weighted by molar-refractivity contribution is 0.0828. The van der Waals surface area contributed by atoms with E-state index in [-0.39, 0.29) is 12.2 Å². The molecule has 1 aliphatic carbocycles. The minimum atomic E-state index is -0.327. The van der Waals surface area contributed by atoms with Gasteiger partial charge in [0, 0.05) is 19.1 Å². The lowest BCUT2D eigenvalue weighted by Gasteiger charge is -2.25. The predicted octanol–water partition coefficient (Wildman–Crippen LogP) is 0.972. The number of nitrogens with one attached hydrogen (secondary N) is 1. The Hall–Kier alpha value is -0.160. The van der Waals surface area contributed by atoms with Gasteiger partial charge >= 0.3 is 0 Å². The van der Waals surface area contributed by atoms with Crippen LogP contribution in [0.15, 0.2) is 0 Å². The number of rotatable bonds is 9. The van der Waals surface area contributed by atoms with Gasteiger partial charge in [-0.15, -0.1) is 0 Å². The summed E-state index contributed by atoms with van der Waals surface area (Å²) < 4.78 is 0. The summed E-state index contributed by atoms with van der Waals surface area (Å²) in [5.41, 5.74) is 0. The number of hydrogen-bond donors (Lipinski definition) is 3. The van der Waals surface area contributed by atoms with E-state index in [0.29, 0.717) is 13.1 Å². The van der Waals surface area contributed by atoms with Gasteiger partial charge in [0.1, 0.15) is 0 Å². The fourth-order valence-electron chi connectivity index (χ4n) is 2.74. The van der Waals surface area contributed by atoms with Crippen LogP contribution in [0.5, 0.6) is 0 Å². The second-order valence-electron chi connectivity index (χ2n) is 5.75. The second-order valence-corrected chi connectivity index (χ2v) is 5.75. The van der Waals surface area contributed by atoms with Crippen molar-refractivity contribution in [3.8, 4) is 0 Å². The minimum Gasteiger partial charge on any atom is -0.392 e. The average Bonchev–Trinajstić information content (AvgIpc) is 2.75. The van der Waals surface area contributed by atoms with Crippen LogP contribution in [0.25, 0.3) is 0 Å². The van der Waals surface area contributed by atoms with Crippen molar-refractivity contribution in [1.29, 1.82) is 0 Å². The van der Waals surface area contributed by atoms with Gasteiger partial charge in [0.15, 0.2) is 0 Å². The second kappa shape index (κ2) is 8.86. The quantitative estimate of drug-likeness (QED) is 0.540. The van der Waals surface area contributed by atoms with Crippen LogP contribution in [0.1, 0.15) is 46.0 Å². The molecule has 0 saturated heterocycles. The van der Waals surface area contributed by atoms with E-state index in [0.717, 1.165) is 25.6 Å². The van der Waals surface area contributed by atoms with Crippen molar-refractivity contribution in [3.63, 3.8) is 0 Å². The Labute approximate surface area is 111 Å². The molecule has 1 aliphatic rings. The zero-order valence-electron chi connectivity index (χ0n) is 11.9. The van der Waals surface area contributed by atoms with Crippen molar-refractivity contribution < 1.29 is 10.2 Å². The van der Waals surface area contributed by atoms with Crippen molar-refractivity contribution in [2.75, 3.05) is 26.2 Å². The first-order valence-electron chi connectivity index (χ1n) is 7.40. The minimum absolute atomic E-state index is 0.327. The fraction of sp³-hybridized carbons (Fsp3) is 1.00. The molecule has 0 spiro atoms. The Morgan fingerprint density at radius 1 is 1.11 bits per heavy atom. The number of hydrogen-bond acceptors (Lipinski definition) is 4. The van der Waals surface area contributed by atoms with Gasteiger partial charge in [-0.05, 0) is 46.2 Å². The van der Waals surface area contributed by atoms with E-state index in [9.17, 15) is 10.2 Å². The molecule has 4 nitrogen and oxygen atoms in total. The third kappa shape index (κ3) is 7.31. The van der Waals surface area contributed by atoms with Crippen LogP contribution in [-0.2, 0) is 0 Å². The summed E-state index contributed by atoms with van der Waals surface area (Å²) in [4.78, 5) is 2.14. The molecule has 18 heavy (non-hydrogen) atoms. The smallest absolute Gasteiger partial charge is 0.0639 e. The normalized spacial score (nSPS) is 20.5. The number of nitrogens with zero attached hydrogens (tertiary/aromatic N) is 1. The number of aliphatic hydroxyl groups is 2. The van der Waals surface area contributed by atoms with E-state index in [4.69, 9.17) is 0 Å². The average molecular weight is 258 g/mol. The maximum Gasteiger partial charge on any atom is 0.0639 e. The Morgan fingerprint density at radius 2 is 1.67 bits per heavy atom. The van der Waals surface area contributed by atoms with Crippen LogP contribution in [0.4, 0.5) is 0 Å². The van der Waals surface area contributed by atoms with Crippen molar-refractivity contribution in [3.05, 3.63) is 0 Å². The maximum atomic E-state index is 9.43. The first-order chi connectivity index (χ1) is 8.58. The third-order valence-corrected chi connectivity index (χ3v) is 3.48. The Morgan fingerprint density at radius 3 is 2.17 bits per heavy atom. The standard InChI is InChI=1S/C14H30N2O2/c1-12(17)10-16(11-13(2)18)9-5-8-15-14-6-3-4-7-14/h12-15,17-18H,3-11H2,1-2H3. The van der Waals surface area contributed by atoms with E-state index in [1.165, 1.54) is 25.7 Å². The summed E-state index contributed by atoms with van der Waals surface area (Å²) in [5, 5.41) is 22.4. The van der Waals surface area contributed by atoms with Gasteiger partial charge in [-0.1, -0.05) is 12.8 Å². The molecular formula is C14H30N2O2. The Bertz CT molecular complexity index is 194. The van der Waals surface area contributed by atoms with Crippen LogP contribution in [-0.4, -0.2) is 59.5 Å². The van der Waals surface area contributed by atoms with Gasteiger partial charge in [-0.2, -0.15) is 0 Å². The van der Waals surface area contributed by atoms with Gasteiger partial charge in [-0.3, -0.25) is 4.90 Å². The first-order valence-corrected chi connectivity index (χ1v) is 7.40. The van der Waals surface area contributed by atoms with E-state index in [2.05, 4.69) is 10.2 Å². The topological polar surface area (TPSA) is 55.7 Å². The number of aliphatic hydroxyl groups excluding tert-OH is 2. The van der Waals surface area contributed by atoms with E-state index in [1.54, 1.807) is 13.8 Å². The molecular weight excluding hydrogens is 228 g/mol. The van der Waals surface area contributed by atoms with Crippen LogP contribution < -0.4 is 5.32 Å². The molecule has 0 bridgehead atoms. The molecule has 3 N–H and O–H groups in total. The monoisotopic (exact) mass is 258 g/mol. The zero-order valence-corrected chi connectivity index (χ0v) is 11.9. The fourth-order valence-corrected chi connectivity index (χ4v) is 2.74. The van der Waals surface area contributed by atoms with Crippen LogP contribution in [0.2, 0.25) is 0 Å². The molecule has 1 rings (SSSR count). The maximum absolute atomic E-state index is 9.43. The molecule has 108 valence electrons. The molecule has 0 aromatic heterocycles. The van der Waals surface area contributed by atoms with Crippen LogP contribution in [0, 0.1) is 0 Å². The molecule has 0 amide bonds. The first kappa shape index (κ1) is 15.9. The van der Waals surface area contributed by atoms with Crippen LogP contribution >= 0.6 is 0 Å². The summed E-state index contributed by atoms with van der Waals surface area (Å²) in [5.74, 6) is 0. The molecule has 2 unspecified atom stereocenters. The van der Waals surface area contributed by atoms with Crippen molar-refractivity contribution in [2.24, 2.45) is 0 Å². The van der Waals surface area contributed by atoms with Gasteiger partial charge in [0.2, 0.25) is 0 Å². The molecule has 4 heteroatoms. The highest BCUT2D eigenvalue weighted by molar-refractivity contribution is 4.74. The van der Waals surface area contributed by atoms with E-state index in [1.807, 2.05) is 0 Å². The molecule has 1 saturated carbocycles. The summed E-state index contributed by atoms with van der Waals surface area (Å²) in [6.45, 7) is 6.87. The summed E-state index contributed by atoms with van der Waals surface area (Å²) in [6, 6.07) is 0.729. The molecule has 2 atom stereocenters. The van der Waals surface area contributed by atoms with Gasteiger partial charge in [0.25, 0.3) is 0 Å². The largest absolute Gasteiger partial charge is 0.392 e. The highest BCUT2D eigenvalue weighted by Gasteiger charge is 2.14. The molecule has 0 aliphatic heterocycles. The lowest BCUT2D eigenvalue weighted by atomic mass is 10.2. The molecule has 0 aromatic rings. The Balaban J connectivity index is 2.11. The summed E-state index contributed by atoms with van der Waals surface area (Å²) >= 11 is 0. The van der Waals surface area contributed by atoms with E-state index >= 15 is 0 Å². The van der Waals surface area contributed by atoms with Crippen molar-refractivity contribution >= 4 is 0 Å². The van der Waals surface area contributed by atoms with Gasteiger partial charge in [0.05, 0.1) is 12.2 Å². The molecule has 0 radical (unpaired) electrons. The highest BCUT2D eigenvalue weighted by Crippen LogP contribution is 2.17. The van der Waals surface area contributed by atoms with Gasteiger partial charge < -0.3 is 15.5 Å². The zero-order chi connectivity index (χ0) is 13.4. The molecule has 0 heterocycles. The molecule has 1 fully saturated rings. The van der Waals surface area contributed by atoms with Gasteiger partial charge in [-0.25, -0.2) is 0 Å². The predicted molar refractivity (Wildman–Crippen MR) is 74.7 cm³/mol.